The van der Waals surface area contributed by atoms with E-state index in [0.717, 1.165) is 0 Å². The van der Waals surface area contributed by atoms with E-state index in [1.807, 2.05) is 4.93 Å². The zero-order valence-corrected chi connectivity index (χ0v) is 8.74. The Balaban J connectivity index is 2.75. The third-order valence-electron chi connectivity index (χ3n) is 1.29. The molecule has 0 aliphatic rings. The van der Waals surface area contributed by atoms with Crippen LogP contribution < -0.4 is 27.4 Å². The van der Waals surface area contributed by atoms with Crippen LogP contribution in [-0.2, 0) is 3.07 Å². The Bertz CT molecular complexity index is 271. The molecule has 0 saturated heterocycles. The summed E-state index contributed by atoms with van der Waals surface area (Å²) >= 11 is -0.447. The third kappa shape index (κ3) is 2.37. The molecule has 0 fully saturated rings. The van der Waals surface area contributed by atoms with Crippen LogP contribution in [0.4, 0.5) is 5.69 Å². The molecular formula is C8H9INO2-. The SMILES string of the molecule is C[I-]OC(=O)c1ccc(N)cc1. The van der Waals surface area contributed by atoms with Gasteiger partial charge in [-0.15, -0.1) is 0 Å². The third-order valence-corrected chi connectivity index (χ3v) is 2.13. The fourth-order valence-corrected chi connectivity index (χ4v) is 1.39. The number of hydrogen-bond donors (Lipinski definition) is 1. The van der Waals surface area contributed by atoms with Crippen LogP contribution >= 0.6 is 0 Å². The van der Waals surface area contributed by atoms with Crippen molar-refractivity contribution in [2.24, 2.45) is 0 Å². The van der Waals surface area contributed by atoms with Gasteiger partial charge in [-0.25, -0.2) is 0 Å². The first kappa shape index (κ1) is 9.31. The molecule has 1 aromatic carbocycles. The van der Waals surface area contributed by atoms with Crippen LogP contribution in [0.3, 0.4) is 0 Å². The van der Waals surface area contributed by atoms with Crippen molar-refractivity contribution in [3.8, 4) is 0 Å². The van der Waals surface area contributed by atoms with Crippen molar-refractivity contribution in [3.05, 3.63) is 29.8 Å². The number of nitrogens with two attached hydrogens (primary N) is 1. The number of nitrogen functional groups attached to an aromatic ring is 1. The molecule has 4 heteroatoms. The quantitative estimate of drug-likeness (QED) is 0.389. The van der Waals surface area contributed by atoms with Crippen molar-refractivity contribution in [3.63, 3.8) is 0 Å². The Kier molecular flexibility index (Phi) is 3.33. The predicted molar refractivity (Wildman–Crippen MR) is 42.2 cm³/mol. The van der Waals surface area contributed by atoms with Crippen molar-refractivity contribution in [2.45, 2.75) is 0 Å². The second kappa shape index (κ2) is 4.30. The Morgan fingerprint density at radius 1 is 1.42 bits per heavy atom. The van der Waals surface area contributed by atoms with Gasteiger partial charge < -0.3 is 0 Å². The van der Waals surface area contributed by atoms with E-state index in [4.69, 9.17) is 8.80 Å². The summed E-state index contributed by atoms with van der Waals surface area (Å²) in [7, 11) is 0. The van der Waals surface area contributed by atoms with Crippen LogP contribution in [0.1, 0.15) is 10.4 Å². The van der Waals surface area contributed by atoms with Crippen molar-refractivity contribution in [1.29, 1.82) is 0 Å². The summed E-state index contributed by atoms with van der Waals surface area (Å²) in [6.45, 7) is 0. The van der Waals surface area contributed by atoms with Gasteiger partial charge in [0.15, 0.2) is 0 Å². The van der Waals surface area contributed by atoms with Gasteiger partial charge in [0.25, 0.3) is 0 Å². The molecule has 0 bridgehead atoms. The number of carbonyl (C=O) groups excluding carboxylic acids is 1. The molecule has 0 heterocycles. The zero-order valence-electron chi connectivity index (χ0n) is 6.58. The fourth-order valence-electron chi connectivity index (χ4n) is 0.734. The van der Waals surface area contributed by atoms with E-state index < -0.39 is 21.6 Å². The number of benzene rings is 1. The van der Waals surface area contributed by atoms with Crippen LogP contribution in [0.25, 0.3) is 0 Å². The second-order valence-corrected chi connectivity index (χ2v) is 3.46. The predicted octanol–water partition coefficient (Wildman–Crippen LogP) is -1.94. The molecule has 12 heavy (non-hydrogen) atoms. The summed E-state index contributed by atoms with van der Waals surface area (Å²) in [5.41, 5.74) is 6.67. The number of halogens is 1. The molecule has 1 rings (SSSR count). The van der Waals surface area contributed by atoms with E-state index in [1.165, 1.54) is 0 Å². The molecule has 0 atom stereocenters. The second-order valence-electron chi connectivity index (χ2n) is 2.14. The zero-order chi connectivity index (χ0) is 8.97. The maximum atomic E-state index is 11.1. The number of carbonyl (C=O) groups is 1. The van der Waals surface area contributed by atoms with E-state index in [9.17, 15) is 4.79 Å². The van der Waals surface area contributed by atoms with E-state index in [1.54, 1.807) is 24.3 Å². The van der Waals surface area contributed by atoms with E-state index in [2.05, 4.69) is 0 Å². The molecule has 0 spiro atoms. The summed E-state index contributed by atoms with van der Waals surface area (Å²) in [6, 6.07) is 6.70. The molecule has 0 radical (unpaired) electrons. The van der Waals surface area contributed by atoms with E-state index in [0.29, 0.717) is 11.3 Å². The average Bonchev–Trinajstić information content (AvgIpc) is 2.06. The number of alkyl halides is 1. The van der Waals surface area contributed by atoms with Crippen molar-refractivity contribution in [1.82, 2.24) is 0 Å². The summed E-state index contributed by atoms with van der Waals surface area (Å²) in [4.78, 5) is 13.0. The molecule has 0 saturated carbocycles. The van der Waals surface area contributed by atoms with Crippen molar-refractivity contribution >= 4 is 11.7 Å². The number of rotatable bonds is 2. The monoisotopic (exact) mass is 278 g/mol. The molecule has 0 aliphatic heterocycles. The first-order chi connectivity index (χ1) is 5.74. The number of anilines is 1. The van der Waals surface area contributed by atoms with Gasteiger partial charge in [-0.2, -0.15) is 0 Å². The molecule has 1 aromatic rings. The van der Waals surface area contributed by atoms with E-state index in [-0.39, 0.29) is 5.97 Å². The van der Waals surface area contributed by atoms with Gasteiger partial charge >= 0.3 is 81.6 Å². The fraction of sp³-hybridized carbons (Fsp3) is 0.125. The van der Waals surface area contributed by atoms with E-state index >= 15 is 0 Å². The average molecular weight is 278 g/mol. The van der Waals surface area contributed by atoms with Crippen molar-refractivity contribution < 1.29 is 29.5 Å². The Morgan fingerprint density at radius 3 is 2.50 bits per heavy atom. The van der Waals surface area contributed by atoms with Gasteiger partial charge in [-0.05, 0) is 0 Å². The molecule has 3 nitrogen and oxygen atoms in total. The summed E-state index contributed by atoms with van der Waals surface area (Å²) in [5.74, 6) is -0.259. The Hall–Kier alpha value is -0.780. The Morgan fingerprint density at radius 2 is 2.00 bits per heavy atom. The minimum atomic E-state index is -0.447. The van der Waals surface area contributed by atoms with Gasteiger partial charge in [0.1, 0.15) is 0 Å². The van der Waals surface area contributed by atoms with Crippen LogP contribution in [0.15, 0.2) is 24.3 Å². The maximum absolute atomic E-state index is 11.1. The topological polar surface area (TPSA) is 52.3 Å². The van der Waals surface area contributed by atoms with Crippen LogP contribution in [0, 0.1) is 0 Å². The molecular weight excluding hydrogens is 269 g/mol. The normalized spacial score (nSPS) is 9.75. The van der Waals surface area contributed by atoms with Crippen molar-refractivity contribution in [2.75, 3.05) is 10.7 Å². The van der Waals surface area contributed by atoms with Crippen LogP contribution in [-0.4, -0.2) is 10.9 Å². The molecule has 0 unspecified atom stereocenters. The molecule has 0 amide bonds. The standard InChI is InChI=1S/C8H9INO2/c1-9-12-8(11)6-2-4-7(10)5-3-6/h2-5H,10H2,1H3/q-1. The van der Waals surface area contributed by atoms with Crippen LogP contribution in [0.2, 0.25) is 0 Å². The molecule has 0 aromatic heterocycles. The Labute approximate surface area is 81.7 Å². The summed E-state index contributed by atoms with van der Waals surface area (Å²) in [5, 5.41) is 0. The first-order valence-corrected chi connectivity index (χ1v) is 6.34. The van der Waals surface area contributed by atoms with Gasteiger partial charge in [0.05, 0.1) is 0 Å². The summed E-state index contributed by atoms with van der Waals surface area (Å²) in [6.07, 6.45) is 0. The summed E-state index contributed by atoms with van der Waals surface area (Å²) < 4.78 is 4.90. The minimum absolute atomic E-state index is 0.259. The van der Waals surface area contributed by atoms with Crippen LogP contribution in [0.5, 0.6) is 0 Å². The first-order valence-electron chi connectivity index (χ1n) is 3.30. The van der Waals surface area contributed by atoms with Gasteiger partial charge in [-0.1, -0.05) is 0 Å². The van der Waals surface area contributed by atoms with Gasteiger partial charge in [0.2, 0.25) is 0 Å². The van der Waals surface area contributed by atoms with Gasteiger partial charge in [0, 0.05) is 0 Å². The number of hydrogen-bond acceptors (Lipinski definition) is 3. The molecule has 66 valence electrons. The van der Waals surface area contributed by atoms with Gasteiger partial charge in [-0.3, -0.25) is 0 Å². The molecule has 2 N–H and O–H groups in total. The molecule has 0 aliphatic carbocycles.